The van der Waals surface area contributed by atoms with Crippen LogP contribution in [0.3, 0.4) is 0 Å². The van der Waals surface area contributed by atoms with Gasteiger partial charge in [0.25, 0.3) is 0 Å². The zero-order chi connectivity index (χ0) is 19.7. The van der Waals surface area contributed by atoms with Crippen LogP contribution in [0.2, 0.25) is 0 Å². The predicted octanol–water partition coefficient (Wildman–Crippen LogP) is 5.47. The summed E-state index contributed by atoms with van der Waals surface area (Å²) in [5, 5.41) is 3.59. The maximum atomic E-state index is 13.8. The van der Waals surface area contributed by atoms with E-state index in [4.69, 9.17) is 4.74 Å². The van der Waals surface area contributed by atoms with E-state index in [9.17, 15) is 4.79 Å². The molecule has 5 fully saturated rings. The molecule has 0 aromatic carbocycles. The van der Waals surface area contributed by atoms with E-state index in [1.807, 2.05) is 0 Å². The van der Waals surface area contributed by atoms with Crippen molar-refractivity contribution in [1.82, 2.24) is 5.32 Å². The third-order valence-electron chi connectivity index (χ3n) is 9.11. The molecule has 1 amide bonds. The Hall–Kier alpha value is -0.570. The zero-order valence-corrected chi connectivity index (χ0v) is 18.5. The molecule has 154 valence electrons. The molecule has 0 saturated heterocycles. The van der Waals surface area contributed by atoms with Crippen molar-refractivity contribution in [3.05, 3.63) is 0 Å². The van der Waals surface area contributed by atoms with Gasteiger partial charge in [-0.25, -0.2) is 0 Å². The highest BCUT2D eigenvalue weighted by molar-refractivity contribution is 5.84. The first kappa shape index (κ1) is 19.7. The fraction of sp³-hybridized carbons (Fsp3) is 0.958. The summed E-state index contributed by atoms with van der Waals surface area (Å²) >= 11 is 0. The first-order valence-corrected chi connectivity index (χ1v) is 11.5. The molecule has 4 bridgehead atoms. The molecule has 5 saturated carbocycles. The molecular formula is C24H41NO2. The van der Waals surface area contributed by atoms with Crippen molar-refractivity contribution in [2.75, 3.05) is 6.61 Å². The van der Waals surface area contributed by atoms with Crippen molar-refractivity contribution in [2.45, 2.75) is 111 Å². The van der Waals surface area contributed by atoms with Crippen molar-refractivity contribution in [3.8, 4) is 0 Å². The van der Waals surface area contributed by atoms with Gasteiger partial charge in [-0.2, -0.15) is 0 Å². The Morgan fingerprint density at radius 2 is 1.37 bits per heavy atom. The summed E-state index contributed by atoms with van der Waals surface area (Å²) in [6.45, 7) is 14.8. The molecule has 0 aromatic heterocycles. The average Bonchev–Trinajstić information content (AvgIpc) is 2.50. The molecular weight excluding hydrogens is 334 g/mol. The molecule has 27 heavy (non-hydrogen) atoms. The van der Waals surface area contributed by atoms with Gasteiger partial charge >= 0.3 is 0 Å². The summed E-state index contributed by atoms with van der Waals surface area (Å²) in [6, 6.07) is 0.290. The molecule has 0 heterocycles. The van der Waals surface area contributed by atoms with Crippen molar-refractivity contribution in [1.29, 1.82) is 0 Å². The normalized spacial score (nSPS) is 49.7. The second-order valence-corrected chi connectivity index (χ2v) is 11.9. The van der Waals surface area contributed by atoms with E-state index in [-0.39, 0.29) is 16.9 Å². The molecule has 1 N–H and O–H groups in total. The van der Waals surface area contributed by atoms with Gasteiger partial charge < -0.3 is 10.1 Å². The number of amides is 1. The Morgan fingerprint density at radius 3 is 1.78 bits per heavy atom. The fourth-order valence-corrected chi connectivity index (χ4v) is 9.43. The fourth-order valence-electron chi connectivity index (χ4n) is 9.43. The summed E-state index contributed by atoms with van der Waals surface area (Å²) in [4.78, 5) is 13.8. The number of nitrogens with one attached hydrogen (secondary N) is 1. The molecule has 5 aliphatic rings. The monoisotopic (exact) mass is 375 g/mol. The van der Waals surface area contributed by atoms with E-state index in [2.05, 4.69) is 46.9 Å². The standard InChI is InChI=1S/C24H41NO2/c1-7-24(8-2)17(10-18(24)27-9-3)25-19(26)23-14-20(4)11-21(5,15-23)13-22(6,12-20)16-23/h17-18H,7-16H2,1-6H3,(H,25,26). The number of carbonyl (C=O) groups excluding carboxylic acids is 1. The van der Waals surface area contributed by atoms with Crippen molar-refractivity contribution >= 4 is 5.91 Å². The van der Waals surface area contributed by atoms with Crippen LogP contribution in [0, 0.1) is 27.1 Å². The van der Waals surface area contributed by atoms with E-state index < -0.39 is 0 Å². The summed E-state index contributed by atoms with van der Waals surface area (Å²) in [6.07, 6.45) is 10.7. The molecule has 0 aliphatic heterocycles. The predicted molar refractivity (Wildman–Crippen MR) is 109 cm³/mol. The Labute approximate surface area is 166 Å². The van der Waals surface area contributed by atoms with Crippen LogP contribution in [-0.2, 0) is 9.53 Å². The van der Waals surface area contributed by atoms with Gasteiger partial charge in [0.05, 0.1) is 11.5 Å². The summed E-state index contributed by atoms with van der Waals surface area (Å²) < 4.78 is 6.03. The van der Waals surface area contributed by atoms with Crippen LogP contribution in [0.5, 0.6) is 0 Å². The van der Waals surface area contributed by atoms with Crippen molar-refractivity contribution < 1.29 is 9.53 Å². The van der Waals surface area contributed by atoms with E-state index in [0.717, 1.165) is 45.1 Å². The number of ether oxygens (including phenoxy) is 1. The summed E-state index contributed by atoms with van der Waals surface area (Å²) in [5.41, 5.74) is 1.07. The second-order valence-electron chi connectivity index (χ2n) is 11.9. The van der Waals surface area contributed by atoms with Crippen LogP contribution in [-0.4, -0.2) is 24.7 Å². The third-order valence-corrected chi connectivity index (χ3v) is 9.11. The molecule has 5 aliphatic carbocycles. The Balaban J connectivity index is 1.55. The zero-order valence-electron chi connectivity index (χ0n) is 18.5. The largest absolute Gasteiger partial charge is 0.378 e. The van der Waals surface area contributed by atoms with Gasteiger partial charge in [-0.05, 0) is 81.0 Å². The quantitative estimate of drug-likeness (QED) is 0.668. The minimum absolute atomic E-state index is 0.128. The Morgan fingerprint density at radius 1 is 0.889 bits per heavy atom. The third kappa shape index (κ3) is 2.81. The van der Waals surface area contributed by atoms with Gasteiger partial charge in [-0.3, -0.25) is 4.79 Å². The maximum Gasteiger partial charge on any atom is 0.226 e. The van der Waals surface area contributed by atoms with E-state index in [1.54, 1.807) is 0 Å². The topological polar surface area (TPSA) is 38.3 Å². The van der Waals surface area contributed by atoms with E-state index >= 15 is 0 Å². The number of rotatable bonds is 6. The van der Waals surface area contributed by atoms with Crippen LogP contribution in [0.4, 0.5) is 0 Å². The minimum Gasteiger partial charge on any atom is -0.378 e. The van der Waals surface area contributed by atoms with Crippen LogP contribution in [0.15, 0.2) is 0 Å². The number of hydrogen-bond donors (Lipinski definition) is 1. The van der Waals surface area contributed by atoms with Crippen LogP contribution >= 0.6 is 0 Å². The van der Waals surface area contributed by atoms with Crippen LogP contribution in [0.1, 0.15) is 99.3 Å². The molecule has 0 radical (unpaired) electrons. The molecule has 3 nitrogen and oxygen atoms in total. The molecule has 0 spiro atoms. The van der Waals surface area contributed by atoms with E-state index in [1.165, 1.54) is 19.3 Å². The lowest BCUT2D eigenvalue weighted by Crippen LogP contribution is -2.68. The Bertz CT molecular complexity index is 568. The number of carbonyl (C=O) groups is 1. The van der Waals surface area contributed by atoms with Crippen LogP contribution < -0.4 is 5.32 Å². The van der Waals surface area contributed by atoms with Gasteiger partial charge in [0.1, 0.15) is 0 Å². The van der Waals surface area contributed by atoms with Gasteiger partial charge in [-0.15, -0.1) is 0 Å². The van der Waals surface area contributed by atoms with Gasteiger partial charge in [-0.1, -0.05) is 34.6 Å². The highest BCUT2D eigenvalue weighted by Crippen LogP contribution is 2.73. The van der Waals surface area contributed by atoms with Crippen molar-refractivity contribution in [2.24, 2.45) is 27.1 Å². The summed E-state index contributed by atoms with van der Waals surface area (Å²) in [7, 11) is 0. The maximum absolute atomic E-state index is 13.8. The van der Waals surface area contributed by atoms with Crippen LogP contribution in [0.25, 0.3) is 0 Å². The second kappa shape index (κ2) is 5.97. The average molecular weight is 376 g/mol. The molecule has 2 atom stereocenters. The lowest BCUT2D eigenvalue weighted by Gasteiger charge is -2.68. The van der Waals surface area contributed by atoms with Gasteiger partial charge in [0, 0.05) is 18.1 Å². The van der Waals surface area contributed by atoms with Crippen molar-refractivity contribution in [3.63, 3.8) is 0 Å². The molecule has 3 heteroatoms. The van der Waals surface area contributed by atoms with Gasteiger partial charge in [0.15, 0.2) is 0 Å². The Kier molecular flexibility index (Phi) is 4.36. The molecule has 5 rings (SSSR count). The highest BCUT2D eigenvalue weighted by atomic mass is 16.5. The lowest BCUT2D eigenvalue weighted by atomic mass is 9.36. The first-order valence-electron chi connectivity index (χ1n) is 11.5. The minimum atomic E-state index is -0.128. The molecule has 2 unspecified atom stereocenters. The SMILES string of the molecule is CCOC1CC(NC(=O)C23CC4(C)CC(C)(CC(C)(C4)C2)C3)C1(CC)CC. The summed E-state index contributed by atoms with van der Waals surface area (Å²) in [5.74, 6) is 0.372. The lowest BCUT2D eigenvalue weighted by molar-refractivity contribution is -0.197. The highest BCUT2D eigenvalue weighted by Gasteiger charge is 2.67. The molecule has 0 aromatic rings. The number of hydrogen-bond acceptors (Lipinski definition) is 2. The van der Waals surface area contributed by atoms with E-state index in [0.29, 0.717) is 28.3 Å². The smallest absolute Gasteiger partial charge is 0.226 e. The first-order chi connectivity index (χ1) is 12.6. The van der Waals surface area contributed by atoms with Gasteiger partial charge in [0.2, 0.25) is 5.91 Å².